The van der Waals surface area contributed by atoms with Crippen molar-refractivity contribution in [2.45, 2.75) is 51.9 Å². The molecule has 0 bridgehead atoms. The lowest BCUT2D eigenvalue weighted by molar-refractivity contribution is -0.173. The van der Waals surface area contributed by atoms with Crippen LogP contribution in [0.3, 0.4) is 0 Å². The Morgan fingerprint density at radius 1 is 0.879 bits per heavy atom. The van der Waals surface area contributed by atoms with E-state index in [2.05, 4.69) is 37.9 Å². The van der Waals surface area contributed by atoms with E-state index < -0.39 is 11.8 Å². The van der Waals surface area contributed by atoms with Crippen LogP contribution in [0.15, 0.2) is 48.7 Å². The number of piperazine rings is 1. The molecule has 0 N–H and O–H groups in total. The van der Waals surface area contributed by atoms with Crippen LogP contribution in [0.5, 0.6) is 5.75 Å². The molecule has 0 saturated carbocycles. The molecule has 0 radical (unpaired) electrons. The molecule has 4 rings (SSSR count). The minimum absolute atomic E-state index is 0.320. The molecule has 178 valence electrons. The molecular weight excluding hydrogens is 416 g/mol. The van der Waals surface area contributed by atoms with Gasteiger partial charge in [0, 0.05) is 51.2 Å². The van der Waals surface area contributed by atoms with Crippen LogP contribution >= 0.6 is 0 Å². The van der Waals surface area contributed by atoms with Gasteiger partial charge in [-0.1, -0.05) is 12.5 Å². The van der Waals surface area contributed by atoms with Crippen molar-refractivity contribution in [3.63, 3.8) is 0 Å². The molecule has 2 aromatic rings. The minimum atomic E-state index is -0.711. The third-order valence-electron chi connectivity index (χ3n) is 6.03. The van der Waals surface area contributed by atoms with Crippen molar-refractivity contribution in [1.29, 1.82) is 0 Å². The fraction of sp³-hybridized carbons (Fsp3) is 0.538. The van der Waals surface area contributed by atoms with Crippen LogP contribution in [0.2, 0.25) is 0 Å². The number of hydrogen-bond acceptors (Lipinski definition) is 7. The Morgan fingerprint density at radius 2 is 1.55 bits per heavy atom. The van der Waals surface area contributed by atoms with Crippen molar-refractivity contribution in [1.82, 2.24) is 9.88 Å². The summed E-state index contributed by atoms with van der Waals surface area (Å²) in [6.07, 6.45) is 4.48. The monoisotopic (exact) mass is 452 g/mol. The van der Waals surface area contributed by atoms with Crippen molar-refractivity contribution in [2.24, 2.45) is 0 Å². The van der Waals surface area contributed by atoms with E-state index in [-0.39, 0.29) is 5.97 Å². The number of piperidine rings is 1. The van der Waals surface area contributed by atoms with Gasteiger partial charge in [-0.25, -0.2) is 9.78 Å². The molecule has 7 heteroatoms. The topological polar surface area (TPSA) is 58.1 Å². The first-order valence-electron chi connectivity index (χ1n) is 12.0. The van der Waals surface area contributed by atoms with Crippen LogP contribution < -0.4 is 14.5 Å². The van der Waals surface area contributed by atoms with Crippen molar-refractivity contribution in [2.75, 3.05) is 49.1 Å². The summed E-state index contributed by atoms with van der Waals surface area (Å²) in [4.78, 5) is 24.2. The summed E-state index contributed by atoms with van der Waals surface area (Å²) in [6.45, 7) is 11.1. The lowest BCUT2D eigenvalue weighted by Crippen LogP contribution is -2.50. The molecule has 1 aromatic carbocycles. The maximum absolute atomic E-state index is 12.9. The smallest absolute Gasteiger partial charge is 0.363 e. The fourth-order valence-electron chi connectivity index (χ4n) is 4.38. The number of rotatable bonds is 6. The molecule has 1 atom stereocenters. The second-order valence-corrected chi connectivity index (χ2v) is 9.76. The average molecular weight is 453 g/mol. The Morgan fingerprint density at radius 3 is 2.15 bits per heavy atom. The molecular formula is C26H36N4O3. The van der Waals surface area contributed by atoms with Crippen LogP contribution in [0.25, 0.3) is 0 Å². The Kier molecular flexibility index (Phi) is 7.38. The highest BCUT2D eigenvalue weighted by Crippen LogP contribution is 2.25. The fourth-order valence-corrected chi connectivity index (χ4v) is 4.38. The van der Waals surface area contributed by atoms with E-state index in [9.17, 15) is 4.79 Å². The molecule has 0 amide bonds. The Hall–Kier alpha value is -2.80. The van der Waals surface area contributed by atoms with Crippen molar-refractivity contribution >= 4 is 17.5 Å². The number of benzene rings is 1. The summed E-state index contributed by atoms with van der Waals surface area (Å²) in [5, 5.41) is 0. The SMILES string of the molecule is CC(C)(C)OC(=O)C(Oc1ccc(N2CCN(c3ccccn3)CC2)cc1)N1CCCCC1. The molecule has 2 fully saturated rings. The standard InChI is InChI=1S/C26H36N4O3/c1-26(2,3)33-25(31)24(30-15-7-4-8-16-30)32-22-12-10-21(11-13-22)28-17-19-29(20-18-28)23-9-5-6-14-27-23/h5-6,9-14,24H,4,7-8,15-20H2,1-3H3. The number of nitrogens with zero attached hydrogens (tertiary/aromatic N) is 4. The van der Waals surface area contributed by atoms with Gasteiger partial charge in [-0.2, -0.15) is 0 Å². The summed E-state index contributed by atoms with van der Waals surface area (Å²) in [6, 6.07) is 14.1. The van der Waals surface area contributed by atoms with Crippen molar-refractivity contribution < 1.29 is 14.3 Å². The predicted molar refractivity (Wildman–Crippen MR) is 131 cm³/mol. The van der Waals surface area contributed by atoms with Gasteiger partial charge in [-0.15, -0.1) is 0 Å². The number of aromatic nitrogens is 1. The number of pyridine rings is 1. The Bertz CT molecular complexity index is 884. The van der Waals surface area contributed by atoms with E-state index in [1.165, 1.54) is 6.42 Å². The second-order valence-electron chi connectivity index (χ2n) is 9.76. The maximum atomic E-state index is 12.9. The summed E-state index contributed by atoms with van der Waals surface area (Å²) in [7, 11) is 0. The van der Waals surface area contributed by atoms with Crippen LogP contribution in [0, 0.1) is 0 Å². The third kappa shape index (κ3) is 6.38. The number of hydrogen-bond donors (Lipinski definition) is 0. The van der Waals surface area contributed by atoms with Crippen molar-refractivity contribution in [3.05, 3.63) is 48.7 Å². The van der Waals surface area contributed by atoms with Crippen molar-refractivity contribution in [3.8, 4) is 5.75 Å². The minimum Gasteiger partial charge on any atom is -0.464 e. The molecule has 2 aliphatic heterocycles. The first-order chi connectivity index (χ1) is 15.9. The molecule has 2 saturated heterocycles. The molecule has 1 aromatic heterocycles. The number of ether oxygens (including phenoxy) is 2. The molecule has 7 nitrogen and oxygen atoms in total. The molecule has 33 heavy (non-hydrogen) atoms. The van der Waals surface area contributed by atoms with Crippen LogP contribution in [-0.2, 0) is 9.53 Å². The first-order valence-corrected chi connectivity index (χ1v) is 12.0. The summed E-state index contributed by atoms with van der Waals surface area (Å²) in [5.41, 5.74) is 0.616. The zero-order valence-electron chi connectivity index (χ0n) is 20.1. The average Bonchev–Trinajstić information content (AvgIpc) is 2.83. The molecule has 2 aliphatic rings. The van der Waals surface area contributed by atoms with Gasteiger partial charge in [0.05, 0.1) is 0 Å². The molecule has 0 aliphatic carbocycles. The van der Waals surface area contributed by atoms with E-state index in [1.807, 2.05) is 51.2 Å². The summed E-state index contributed by atoms with van der Waals surface area (Å²) < 4.78 is 11.9. The lowest BCUT2D eigenvalue weighted by atomic mass is 10.1. The summed E-state index contributed by atoms with van der Waals surface area (Å²) in [5.74, 6) is 1.40. The highest BCUT2D eigenvalue weighted by atomic mass is 16.6. The van der Waals surface area contributed by atoms with Gasteiger partial charge in [-0.05, 0) is 70.0 Å². The Labute approximate surface area is 197 Å². The van der Waals surface area contributed by atoms with Crippen LogP contribution in [0.1, 0.15) is 40.0 Å². The zero-order chi connectivity index (χ0) is 23.3. The number of likely N-dealkylation sites (tertiary alicyclic amines) is 1. The largest absolute Gasteiger partial charge is 0.464 e. The van der Waals surface area contributed by atoms with Gasteiger partial charge in [0.15, 0.2) is 0 Å². The predicted octanol–water partition coefficient (Wildman–Crippen LogP) is 3.94. The van der Waals surface area contributed by atoms with Crippen LogP contribution in [-0.4, -0.2) is 67.0 Å². The quantitative estimate of drug-likeness (QED) is 0.615. The zero-order valence-corrected chi connectivity index (χ0v) is 20.1. The highest BCUT2D eigenvalue weighted by molar-refractivity contribution is 5.75. The number of anilines is 2. The third-order valence-corrected chi connectivity index (χ3v) is 6.03. The van der Waals surface area contributed by atoms with Gasteiger partial charge in [0.2, 0.25) is 0 Å². The normalized spacial score (nSPS) is 18.6. The van der Waals surface area contributed by atoms with Gasteiger partial charge in [-0.3, -0.25) is 4.90 Å². The maximum Gasteiger partial charge on any atom is 0.363 e. The van der Waals surface area contributed by atoms with Gasteiger partial charge >= 0.3 is 5.97 Å². The van der Waals surface area contributed by atoms with Gasteiger partial charge < -0.3 is 19.3 Å². The molecule has 0 spiro atoms. The summed E-state index contributed by atoms with van der Waals surface area (Å²) >= 11 is 0. The first kappa shape index (κ1) is 23.4. The molecule has 1 unspecified atom stereocenters. The van der Waals surface area contributed by atoms with E-state index in [1.54, 1.807) is 0 Å². The van der Waals surface area contributed by atoms with E-state index in [0.717, 1.165) is 63.6 Å². The van der Waals surface area contributed by atoms with E-state index in [4.69, 9.17) is 9.47 Å². The van der Waals surface area contributed by atoms with Gasteiger partial charge in [0.1, 0.15) is 17.2 Å². The van der Waals surface area contributed by atoms with E-state index in [0.29, 0.717) is 5.75 Å². The number of carbonyl (C=O) groups excluding carboxylic acids is 1. The molecule has 3 heterocycles. The lowest BCUT2D eigenvalue weighted by Gasteiger charge is -2.37. The Balaban J connectivity index is 1.38. The number of esters is 1. The van der Waals surface area contributed by atoms with E-state index >= 15 is 0 Å². The van der Waals surface area contributed by atoms with Gasteiger partial charge in [0.25, 0.3) is 6.23 Å². The number of carbonyl (C=O) groups is 1. The highest BCUT2D eigenvalue weighted by Gasteiger charge is 2.33. The second kappa shape index (κ2) is 10.4. The van der Waals surface area contributed by atoms with Crippen LogP contribution in [0.4, 0.5) is 11.5 Å².